The smallest absolute Gasteiger partial charge is 0.253 e. The Hall–Kier alpha value is -2.07. The fraction of sp³-hybridized carbons (Fsp3) is 0.476. The first-order valence-corrected chi connectivity index (χ1v) is 9.25. The third-order valence-corrected chi connectivity index (χ3v) is 5.53. The minimum Gasteiger partial charge on any atom is -0.461 e. The van der Waals surface area contributed by atoms with E-state index in [-0.39, 0.29) is 11.5 Å². The second-order valence-corrected chi connectivity index (χ2v) is 7.27. The summed E-state index contributed by atoms with van der Waals surface area (Å²) >= 11 is 0. The van der Waals surface area contributed by atoms with Crippen molar-refractivity contribution in [3.8, 4) is 11.3 Å². The van der Waals surface area contributed by atoms with Crippen LogP contribution < -0.4 is 0 Å². The van der Waals surface area contributed by atoms with Crippen LogP contribution in [0.3, 0.4) is 0 Å². The molecular weight excluding hydrogens is 314 g/mol. The summed E-state index contributed by atoms with van der Waals surface area (Å²) in [4.78, 5) is 14.9. The fourth-order valence-corrected chi connectivity index (χ4v) is 4.07. The summed E-state index contributed by atoms with van der Waals surface area (Å²) in [6.45, 7) is 4.42. The average Bonchev–Trinajstić information content (AvgIpc) is 3.21. The number of ether oxygens (including phenoxy) is 1. The topological polar surface area (TPSA) is 42.7 Å². The third kappa shape index (κ3) is 3.36. The summed E-state index contributed by atoms with van der Waals surface area (Å²) in [5.74, 6) is 1.85. The van der Waals surface area contributed by atoms with Gasteiger partial charge in [0, 0.05) is 30.8 Å². The Morgan fingerprint density at radius 1 is 1.00 bits per heavy atom. The zero-order chi connectivity index (χ0) is 17.3. The van der Waals surface area contributed by atoms with E-state index in [1.807, 2.05) is 48.2 Å². The van der Waals surface area contributed by atoms with Gasteiger partial charge in [-0.25, -0.2) is 0 Å². The molecule has 25 heavy (non-hydrogen) atoms. The first-order chi connectivity index (χ1) is 12.2. The van der Waals surface area contributed by atoms with Crippen molar-refractivity contribution in [2.24, 2.45) is 0 Å². The Labute approximate surface area is 148 Å². The van der Waals surface area contributed by atoms with Crippen molar-refractivity contribution in [1.82, 2.24) is 4.90 Å². The molecule has 4 heteroatoms. The molecule has 2 aromatic rings. The molecular formula is C21H25NO3. The van der Waals surface area contributed by atoms with Crippen molar-refractivity contribution in [3.63, 3.8) is 0 Å². The number of likely N-dealkylation sites (tertiary alicyclic amines) is 1. The van der Waals surface area contributed by atoms with Crippen LogP contribution in [0.5, 0.6) is 0 Å². The molecule has 3 heterocycles. The lowest BCUT2D eigenvalue weighted by Crippen LogP contribution is -2.34. The maximum atomic E-state index is 12.9. The fourth-order valence-electron chi connectivity index (χ4n) is 4.07. The van der Waals surface area contributed by atoms with Crippen LogP contribution >= 0.6 is 0 Å². The lowest BCUT2D eigenvalue weighted by molar-refractivity contribution is -0.00691. The summed E-state index contributed by atoms with van der Waals surface area (Å²) in [5, 5.41) is 0. The van der Waals surface area contributed by atoms with Crippen LogP contribution in [-0.4, -0.2) is 36.1 Å². The van der Waals surface area contributed by atoms with E-state index in [0.717, 1.165) is 74.4 Å². The van der Waals surface area contributed by atoms with E-state index in [9.17, 15) is 4.79 Å². The van der Waals surface area contributed by atoms with Gasteiger partial charge in [0.05, 0.1) is 5.60 Å². The minimum absolute atomic E-state index is 0.0377. The Morgan fingerprint density at radius 3 is 2.48 bits per heavy atom. The molecule has 2 aliphatic rings. The number of hydrogen-bond acceptors (Lipinski definition) is 3. The molecule has 1 spiro atoms. The number of amides is 1. The van der Waals surface area contributed by atoms with Gasteiger partial charge in [-0.1, -0.05) is 12.1 Å². The van der Waals surface area contributed by atoms with Crippen LogP contribution in [0, 0.1) is 6.92 Å². The maximum absolute atomic E-state index is 12.9. The van der Waals surface area contributed by atoms with Gasteiger partial charge in [0.15, 0.2) is 0 Å². The lowest BCUT2D eigenvalue weighted by Gasteiger charge is -2.27. The quantitative estimate of drug-likeness (QED) is 0.813. The largest absolute Gasteiger partial charge is 0.461 e. The number of carbonyl (C=O) groups is 1. The maximum Gasteiger partial charge on any atom is 0.253 e. The molecule has 1 aromatic heterocycles. The SMILES string of the molecule is Cc1ccc(-c2ccc(C(=O)N3CCC[C@@]4(CCCO4)CC3)cc2)o1. The molecule has 0 saturated carbocycles. The molecule has 2 aliphatic heterocycles. The number of aryl methyl sites for hydroxylation is 1. The molecule has 0 bridgehead atoms. The standard InChI is InChI=1S/C21H25NO3/c1-16-4-9-19(25-16)17-5-7-18(8-6-17)20(23)22-13-2-10-21(12-14-22)11-3-15-24-21/h4-9H,2-3,10-15H2,1H3/t21-/m1/s1. The van der Waals surface area contributed by atoms with Crippen LogP contribution in [-0.2, 0) is 4.74 Å². The zero-order valence-corrected chi connectivity index (χ0v) is 14.8. The van der Waals surface area contributed by atoms with Crippen LogP contribution in [0.4, 0.5) is 0 Å². The predicted molar refractivity (Wildman–Crippen MR) is 96.6 cm³/mol. The summed E-state index contributed by atoms with van der Waals surface area (Å²) in [6, 6.07) is 11.6. The molecule has 4 nitrogen and oxygen atoms in total. The number of hydrogen-bond donors (Lipinski definition) is 0. The number of benzene rings is 1. The van der Waals surface area contributed by atoms with Gasteiger partial charge < -0.3 is 14.1 Å². The highest BCUT2D eigenvalue weighted by atomic mass is 16.5. The van der Waals surface area contributed by atoms with E-state index < -0.39 is 0 Å². The summed E-state index contributed by atoms with van der Waals surface area (Å²) < 4.78 is 11.7. The normalized spacial score (nSPS) is 23.8. The van der Waals surface area contributed by atoms with Crippen molar-refractivity contribution in [3.05, 3.63) is 47.7 Å². The number of carbonyl (C=O) groups excluding carboxylic acids is 1. The number of rotatable bonds is 2. The first-order valence-electron chi connectivity index (χ1n) is 9.25. The van der Waals surface area contributed by atoms with E-state index >= 15 is 0 Å². The van der Waals surface area contributed by atoms with Crippen molar-refractivity contribution in [2.45, 2.75) is 44.6 Å². The molecule has 2 fully saturated rings. The highest BCUT2D eigenvalue weighted by molar-refractivity contribution is 5.94. The summed E-state index contributed by atoms with van der Waals surface area (Å²) in [6.07, 6.45) is 5.36. The van der Waals surface area contributed by atoms with Crippen molar-refractivity contribution in [1.29, 1.82) is 0 Å². The van der Waals surface area contributed by atoms with Crippen LogP contribution in [0.1, 0.15) is 48.2 Å². The monoisotopic (exact) mass is 339 g/mol. The molecule has 0 N–H and O–H groups in total. The van der Waals surface area contributed by atoms with E-state index in [2.05, 4.69) is 0 Å². The third-order valence-electron chi connectivity index (χ3n) is 5.53. The molecule has 2 saturated heterocycles. The Morgan fingerprint density at radius 2 is 1.80 bits per heavy atom. The van der Waals surface area contributed by atoms with E-state index in [4.69, 9.17) is 9.15 Å². The first kappa shape index (κ1) is 16.4. The van der Waals surface area contributed by atoms with Gasteiger partial charge in [-0.05, 0) is 63.3 Å². The lowest BCUT2D eigenvalue weighted by atomic mass is 9.92. The van der Waals surface area contributed by atoms with Crippen LogP contribution in [0.25, 0.3) is 11.3 Å². The highest BCUT2D eigenvalue weighted by Crippen LogP contribution is 2.36. The van der Waals surface area contributed by atoms with E-state index in [1.54, 1.807) is 0 Å². The Kier molecular flexibility index (Phi) is 4.38. The summed E-state index contributed by atoms with van der Waals surface area (Å²) in [7, 11) is 0. The van der Waals surface area contributed by atoms with Gasteiger partial charge in [-0.2, -0.15) is 0 Å². The molecule has 132 valence electrons. The molecule has 1 atom stereocenters. The van der Waals surface area contributed by atoms with E-state index in [1.165, 1.54) is 0 Å². The van der Waals surface area contributed by atoms with E-state index in [0.29, 0.717) is 0 Å². The second-order valence-electron chi connectivity index (χ2n) is 7.27. The number of furan rings is 1. The Bertz CT molecular complexity index is 741. The average molecular weight is 339 g/mol. The van der Waals surface area contributed by atoms with Gasteiger partial charge in [-0.15, -0.1) is 0 Å². The van der Waals surface area contributed by atoms with Crippen molar-refractivity contribution in [2.75, 3.05) is 19.7 Å². The van der Waals surface area contributed by atoms with Crippen molar-refractivity contribution < 1.29 is 13.9 Å². The molecule has 1 aromatic carbocycles. The minimum atomic E-state index is 0.0377. The zero-order valence-electron chi connectivity index (χ0n) is 14.8. The highest BCUT2D eigenvalue weighted by Gasteiger charge is 2.37. The molecule has 1 amide bonds. The van der Waals surface area contributed by atoms with Crippen LogP contribution in [0.2, 0.25) is 0 Å². The molecule has 4 rings (SSSR count). The molecule has 0 aliphatic carbocycles. The molecule has 0 unspecified atom stereocenters. The second kappa shape index (κ2) is 6.68. The summed E-state index contributed by atoms with van der Waals surface area (Å²) in [5.41, 5.74) is 1.78. The van der Waals surface area contributed by atoms with Gasteiger partial charge >= 0.3 is 0 Å². The van der Waals surface area contributed by atoms with Gasteiger partial charge in [0.2, 0.25) is 0 Å². The molecule has 0 radical (unpaired) electrons. The van der Waals surface area contributed by atoms with Crippen LogP contribution in [0.15, 0.2) is 40.8 Å². The number of nitrogens with zero attached hydrogens (tertiary/aromatic N) is 1. The van der Waals surface area contributed by atoms with Gasteiger partial charge in [0.1, 0.15) is 11.5 Å². The van der Waals surface area contributed by atoms with Gasteiger partial charge in [-0.3, -0.25) is 4.79 Å². The van der Waals surface area contributed by atoms with Crippen molar-refractivity contribution >= 4 is 5.91 Å². The predicted octanol–water partition coefficient (Wildman–Crippen LogP) is 4.43. The van der Waals surface area contributed by atoms with Gasteiger partial charge in [0.25, 0.3) is 5.91 Å². The Balaban J connectivity index is 1.45.